The number of rotatable bonds is 5. The third kappa shape index (κ3) is 4.28. The topological polar surface area (TPSA) is 82.8 Å². The van der Waals surface area contributed by atoms with Gasteiger partial charge in [0.15, 0.2) is 5.76 Å². The number of likely N-dealkylation sites (tertiary alicyclic amines) is 1. The van der Waals surface area contributed by atoms with Gasteiger partial charge in [-0.05, 0) is 36.5 Å². The third-order valence-electron chi connectivity index (χ3n) is 4.63. The lowest BCUT2D eigenvalue weighted by Crippen LogP contribution is -2.44. The van der Waals surface area contributed by atoms with Gasteiger partial charge in [-0.15, -0.1) is 0 Å². The van der Waals surface area contributed by atoms with E-state index in [1.165, 1.54) is 6.26 Å². The Hall–Kier alpha value is -2.60. The molecule has 0 aliphatic carbocycles. The molecule has 2 amide bonds. The highest BCUT2D eigenvalue weighted by molar-refractivity contribution is 5.94. The van der Waals surface area contributed by atoms with Gasteiger partial charge in [0.1, 0.15) is 0 Å². The summed E-state index contributed by atoms with van der Waals surface area (Å²) in [6.07, 6.45) is 2.40. The Morgan fingerprint density at radius 2 is 1.88 bits per heavy atom. The normalized spacial score (nSPS) is 16.4. The number of carbonyl (C=O) groups excluding carboxylic acids is 2. The van der Waals surface area contributed by atoms with Crippen molar-refractivity contribution in [3.63, 3.8) is 0 Å². The molecule has 1 atom stereocenters. The fourth-order valence-corrected chi connectivity index (χ4v) is 3.15. The molecule has 25 heavy (non-hydrogen) atoms. The molecule has 0 saturated carbocycles. The first-order valence-corrected chi connectivity index (χ1v) is 8.47. The van der Waals surface area contributed by atoms with Crippen LogP contribution in [0.25, 0.3) is 0 Å². The predicted molar refractivity (Wildman–Crippen MR) is 91.7 cm³/mol. The molecule has 0 spiro atoms. The highest BCUT2D eigenvalue weighted by Gasteiger charge is 2.28. The molecule has 2 N–H and O–H groups in total. The lowest BCUT2D eigenvalue weighted by atomic mass is 9.87. The van der Waals surface area contributed by atoms with E-state index in [0.717, 1.165) is 18.4 Å². The summed E-state index contributed by atoms with van der Waals surface area (Å²) in [5.74, 6) is -0.179. The van der Waals surface area contributed by atoms with Crippen molar-refractivity contribution < 1.29 is 19.1 Å². The zero-order valence-corrected chi connectivity index (χ0v) is 13.9. The number of hydrogen-bond donors (Lipinski definition) is 2. The quantitative estimate of drug-likeness (QED) is 0.870. The van der Waals surface area contributed by atoms with E-state index in [-0.39, 0.29) is 24.1 Å². The van der Waals surface area contributed by atoms with Gasteiger partial charge in [-0.1, -0.05) is 30.3 Å². The Morgan fingerprint density at radius 3 is 2.52 bits per heavy atom. The van der Waals surface area contributed by atoms with Crippen LogP contribution in [0.2, 0.25) is 0 Å². The summed E-state index contributed by atoms with van der Waals surface area (Å²) in [7, 11) is 0. The fourth-order valence-electron chi connectivity index (χ4n) is 3.15. The van der Waals surface area contributed by atoms with Crippen molar-refractivity contribution in [2.45, 2.75) is 18.9 Å². The molecule has 0 bridgehead atoms. The first-order valence-electron chi connectivity index (χ1n) is 8.47. The van der Waals surface area contributed by atoms with Gasteiger partial charge in [0, 0.05) is 13.1 Å². The van der Waals surface area contributed by atoms with E-state index in [0.29, 0.717) is 13.1 Å². The van der Waals surface area contributed by atoms with Gasteiger partial charge < -0.3 is 19.7 Å². The molecule has 2 heterocycles. The number of aliphatic hydroxyl groups excluding tert-OH is 1. The highest BCUT2D eigenvalue weighted by Crippen LogP contribution is 2.30. The second-order valence-corrected chi connectivity index (χ2v) is 6.23. The lowest BCUT2D eigenvalue weighted by molar-refractivity contribution is -0.132. The SMILES string of the molecule is O=C(NCC(=O)N1CCC([C@@H](O)c2ccccc2)CC1)c1ccco1. The maximum atomic E-state index is 12.2. The lowest BCUT2D eigenvalue weighted by Gasteiger charge is -2.34. The van der Waals surface area contributed by atoms with Crippen molar-refractivity contribution >= 4 is 11.8 Å². The van der Waals surface area contributed by atoms with Gasteiger partial charge in [0.05, 0.1) is 18.9 Å². The summed E-state index contributed by atoms with van der Waals surface area (Å²) >= 11 is 0. The van der Waals surface area contributed by atoms with Crippen LogP contribution in [-0.4, -0.2) is 41.5 Å². The van der Waals surface area contributed by atoms with Crippen molar-refractivity contribution in [2.75, 3.05) is 19.6 Å². The summed E-state index contributed by atoms with van der Waals surface area (Å²) < 4.78 is 4.99. The standard InChI is InChI=1S/C19H22N2O4/c22-17(13-20-19(24)16-7-4-12-25-16)21-10-8-15(9-11-21)18(23)14-5-2-1-3-6-14/h1-7,12,15,18,23H,8-11,13H2,(H,20,24)/t18-/m0/s1. The Labute approximate surface area is 146 Å². The fraction of sp³-hybridized carbons (Fsp3) is 0.368. The second-order valence-electron chi connectivity index (χ2n) is 6.23. The number of nitrogens with one attached hydrogen (secondary N) is 1. The Balaban J connectivity index is 1.45. The van der Waals surface area contributed by atoms with Crippen molar-refractivity contribution in [3.8, 4) is 0 Å². The van der Waals surface area contributed by atoms with E-state index in [4.69, 9.17) is 4.42 Å². The van der Waals surface area contributed by atoms with E-state index < -0.39 is 12.0 Å². The van der Waals surface area contributed by atoms with Crippen molar-refractivity contribution in [1.82, 2.24) is 10.2 Å². The van der Waals surface area contributed by atoms with Gasteiger partial charge in [-0.25, -0.2) is 0 Å². The maximum absolute atomic E-state index is 12.2. The molecule has 1 aliphatic rings. The zero-order valence-electron chi connectivity index (χ0n) is 13.9. The molecule has 132 valence electrons. The van der Waals surface area contributed by atoms with Crippen molar-refractivity contribution in [1.29, 1.82) is 0 Å². The van der Waals surface area contributed by atoms with Crippen LogP contribution in [0.15, 0.2) is 53.1 Å². The van der Waals surface area contributed by atoms with Crippen LogP contribution in [0.3, 0.4) is 0 Å². The summed E-state index contributed by atoms with van der Waals surface area (Å²) in [4.78, 5) is 25.8. The molecule has 1 aliphatic heterocycles. The molecule has 2 aromatic rings. The number of furan rings is 1. The Bertz CT molecular complexity index is 691. The predicted octanol–water partition coefficient (Wildman–Crippen LogP) is 1.98. The number of amides is 2. The molecule has 6 heteroatoms. The van der Waals surface area contributed by atoms with Crippen LogP contribution in [-0.2, 0) is 4.79 Å². The number of carbonyl (C=O) groups is 2. The molecule has 6 nitrogen and oxygen atoms in total. The molecule has 1 fully saturated rings. The summed E-state index contributed by atoms with van der Waals surface area (Å²) in [5.41, 5.74) is 0.915. The summed E-state index contributed by atoms with van der Waals surface area (Å²) in [6.45, 7) is 1.12. The average Bonchev–Trinajstić information content (AvgIpc) is 3.21. The molecular formula is C19H22N2O4. The van der Waals surface area contributed by atoms with E-state index in [1.807, 2.05) is 30.3 Å². The molecule has 0 radical (unpaired) electrons. The van der Waals surface area contributed by atoms with Crippen LogP contribution in [0, 0.1) is 5.92 Å². The monoisotopic (exact) mass is 342 g/mol. The zero-order chi connectivity index (χ0) is 17.6. The molecule has 0 unspecified atom stereocenters. The van der Waals surface area contributed by atoms with Gasteiger partial charge >= 0.3 is 0 Å². The van der Waals surface area contributed by atoms with Crippen LogP contribution < -0.4 is 5.32 Å². The van der Waals surface area contributed by atoms with Gasteiger partial charge in [-0.2, -0.15) is 0 Å². The molecular weight excluding hydrogens is 320 g/mol. The first-order chi connectivity index (χ1) is 12.1. The van der Waals surface area contributed by atoms with Crippen LogP contribution >= 0.6 is 0 Å². The summed E-state index contributed by atoms with van der Waals surface area (Å²) in [6, 6.07) is 12.8. The maximum Gasteiger partial charge on any atom is 0.287 e. The number of benzene rings is 1. The van der Waals surface area contributed by atoms with Crippen molar-refractivity contribution in [2.24, 2.45) is 5.92 Å². The van der Waals surface area contributed by atoms with E-state index in [2.05, 4.69) is 5.32 Å². The molecule has 1 aromatic carbocycles. The van der Waals surface area contributed by atoms with Crippen LogP contribution in [0.4, 0.5) is 0 Å². The van der Waals surface area contributed by atoms with E-state index in [1.54, 1.807) is 17.0 Å². The van der Waals surface area contributed by atoms with Crippen LogP contribution in [0.5, 0.6) is 0 Å². The third-order valence-corrected chi connectivity index (χ3v) is 4.63. The number of piperidine rings is 1. The van der Waals surface area contributed by atoms with Gasteiger partial charge in [0.2, 0.25) is 5.91 Å². The minimum atomic E-state index is -0.503. The smallest absolute Gasteiger partial charge is 0.287 e. The van der Waals surface area contributed by atoms with Gasteiger partial charge in [0.25, 0.3) is 5.91 Å². The minimum Gasteiger partial charge on any atom is -0.459 e. The highest BCUT2D eigenvalue weighted by atomic mass is 16.3. The second kappa shape index (κ2) is 7.98. The van der Waals surface area contributed by atoms with E-state index in [9.17, 15) is 14.7 Å². The van der Waals surface area contributed by atoms with Crippen LogP contribution in [0.1, 0.15) is 35.1 Å². The Kier molecular flexibility index (Phi) is 5.50. The number of nitrogens with zero attached hydrogens (tertiary/aromatic N) is 1. The van der Waals surface area contributed by atoms with Crippen molar-refractivity contribution in [3.05, 3.63) is 60.1 Å². The number of hydrogen-bond acceptors (Lipinski definition) is 4. The van der Waals surface area contributed by atoms with Gasteiger partial charge in [-0.3, -0.25) is 9.59 Å². The molecule has 1 aromatic heterocycles. The summed E-state index contributed by atoms with van der Waals surface area (Å²) in [5, 5.41) is 13.0. The van der Waals surface area contributed by atoms with E-state index >= 15 is 0 Å². The first kappa shape index (κ1) is 17.2. The molecule has 1 saturated heterocycles. The number of aliphatic hydroxyl groups is 1. The molecule has 3 rings (SSSR count). The average molecular weight is 342 g/mol. The largest absolute Gasteiger partial charge is 0.459 e. The minimum absolute atomic E-state index is 0.0502. The Morgan fingerprint density at radius 1 is 1.16 bits per heavy atom.